The van der Waals surface area contributed by atoms with E-state index in [9.17, 15) is 18.0 Å². The number of carbonyl (C=O) groups is 2. The summed E-state index contributed by atoms with van der Waals surface area (Å²) in [5.74, 6) is 0.669. The molecule has 1 fully saturated rings. The predicted octanol–water partition coefficient (Wildman–Crippen LogP) is 1.95. The van der Waals surface area contributed by atoms with Crippen molar-refractivity contribution in [1.82, 2.24) is 9.21 Å². The van der Waals surface area contributed by atoms with E-state index in [1.165, 1.54) is 22.5 Å². The van der Waals surface area contributed by atoms with Crippen molar-refractivity contribution in [3.8, 4) is 11.5 Å². The first-order chi connectivity index (χ1) is 15.4. The summed E-state index contributed by atoms with van der Waals surface area (Å²) in [6.07, 6.45) is 0. The van der Waals surface area contributed by atoms with E-state index < -0.39 is 10.0 Å². The molecule has 2 heterocycles. The minimum Gasteiger partial charge on any atom is -0.492 e. The lowest BCUT2D eigenvalue weighted by atomic mass is 10.2. The van der Waals surface area contributed by atoms with Gasteiger partial charge in [-0.1, -0.05) is 12.1 Å². The molecule has 0 spiro atoms. The Labute approximate surface area is 186 Å². The minimum atomic E-state index is -3.79. The van der Waals surface area contributed by atoms with E-state index in [-0.39, 0.29) is 49.6 Å². The highest BCUT2D eigenvalue weighted by molar-refractivity contribution is 7.89. The first-order valence-corrected chi connectivity index (χ1v) is 11.7. The Balaban J connectivity index is 1.40. The molecule has 0 radical (unpaired) electrons. The summed E-state index contributed by atoms with van der Waals surface area (Å²) in [5, 5.41) is 5.44. The molecule has 0 saturated carbocycles. The number of hydrogen-bond acceptors (Lipinski definition) is 6. The number of carbonyl (C=O) groups excluding carboxylic acids is 2. The fourth-order valence-electron chi connectivity index (χ4n) is 3.55. The zero-order chi connectivity index (χ0) is 22.7. The third kappa shape index (κ3) is 4.48. The fourth-order valence-corrected chi connectivity index (χ4v) is 5.00. The number of anilines is 2. The number of hydrogen-bond donors (Lipinski definition) is 2. The van der Waals surface area contributed by atoms with Crippen LogP contribution in [0.3, 0.4) is 0 Å². The predicted molar refractivity (Wildman–Crippen MR) is 118 cm³/mol. The Bertz CT molecular complexity index is 1130. The third-order valence-electron chi connectivity index (χ3n) is 5.18. The number of urea groups is 1. The van der Waals surface area contributed by atoms with Gasteiger partial charge in [-0.3, -0.25) is 4.79 Å². The van der Waals surface area contributed by atoms with Gasteiger partial charge in [0.05, 0.1) is 22.9 Å². The molecule has 10 nitrogen and oxygen atoms in total. The van der Waals surface area contributed by atoms with E-state index in [0.717, 1.165) is 0 Å². The highest BCUT2D eigenvalue weighted by Gasteiger charge is 2.31. The normalized spacial score (nSPS) is 16.5. The van der Waals surface area contributed by atoms with Gasteiger partial charge < -0.3 is 25.0 Å². The third-order valence-corrected chi connectivity index (χ3v) is 7.07. The molecule has 0 unspecified atom stereocenters. The summed E-state index contributed by atoms with van der Waals surface area (Å²) in [6, 6.07) is 11.2. The Morgan fingerprint density at radius 3 is 2.66 bits per heavy atom. The standard InChI is InChI=1S/C21H24N4O6S/c1-2-30-18-6-4-3-5-16(18)23-21(27)24-9-11-25(12-10-24)32(28,29)15-7-8-19-17(13-15)22-20(26)14-31-19/h3-8,13H,2,9-12,14H2,1H3,(H,22,26)(H,23,27). The highest BCUT2D eigenvalue weighted by atomic mass is 32.2. The van der Waals surface area contributed by atoms with Crippen molar-refractivity contribution < 1.29 is 27.5 Å². The molecule has 2 aliphatic rings. The number of piperazine rings is 1. The summed E-state index contributed by atoms with van der Waals surface area (Å²) in [7, 11) is -3.79. The summed E-state index contributed by atoms with van der Waals surface area (Å²) >= 11 is 0. The quantitative estimate of drug-likeness (QED) is 0.704. The lowest BCUT2D eigenvalue weighted by Gasteiger charge is -2.34. The lowest BCUT2D eigenvalue weighted by molar-refractivity contribution is -0.118. The molecule has 0 atom stereocenters. The van der Waals surface area contributed by atoms with Crippen molar-refractivity contribution in [2.75, 3.05) is 50.0 Å². The smallest absolute Gasteiger partial charge is 0.322 e. The molecule has 170 valence electrons. The van der Waals surface area contributed by atoms with Crippen LogP contribution >= 0.6 is 0 Å². The molecule has 2 aliphatic heterocycles. The van der Waals surface area contributed by atoms with Crippen molar-refractivity contribution in [2.45, 2.75) is 11.8 Å². The number of rotatable bonds is 5. The van der Waals surface area contributed by atoms with Crippen LogP contribution in [0.25, 0.3) is 0 Å². The molecule has 2 N–H and O–H groups in total. The Morgan fingerprint density at radius 2 is 1.91 bits per heavy atom. The molecule has 11 heteroatoms. The Morgan fingerprint density at radius 1 is 1.16 bits per heavy atom. The van der Waals surface area contributed by atoms with E-state index in [4.69, 9.17) is 9.47 Å². The molecule has 0 aromatic heterocycles. The highest BCUT2D eigenvalue weighted by Crippen LogP contribution is 2.31. The van der Waals surface area contributed by atoms with Gasteiger partial charge in [0.25, 0.3) is 5.91 Å². The summed E-state index contributed by atoms with van der Waals surface area (Å²) < 4.78 is 38.3. The molecule has 3 amide bonds. The minimum absolute atomic E-state index is 0.0607. The molecule has 2 aromatic rings. The average Bonchev–Trinajstić information content (AvgIpc) is 2.80. The molecule has 1 saturated heterocycles. The van der Waals surface area contributed by atoms with E-state index in [1.807, 2.05) is 13.0 Å². The zero-order valence-electron chi connectivity index (χ0n) is 17.5. The van der Waals surface area contributed by atoms with E-state index in [2.05, 4.69) is 10.6 Å². The number of sulfonamides is 1. The first kappa shape index (κ1) is 21.9. The van der Waals surface area contributed by atoms with Gasteiger partial charge in [-0.05, 0) is 37.3 Å². The summed E-state index contributed by atoms with van der Waals surface area (Å²) in [4.78, 5) is 25.8. The van der Waals surface area contributed by atoms with Crippen LogP contribution < -0.4 is 20.1 Å². The molecular weight excluding hydrogens is 436 g/mol. The molecule has 0 bridgehead atoms. The van der Waals surface area contributed by atoms with Gasteiger partial charge in [0.1, 0.15) is 11.5 Å². The second-order valence-corrected chi connectivity index (χ2v) is 9.18. The number of ether oxygens (including phenoxy) is 2. The van der Waals surface area contributed by atoms with Gasteiger partial charge in [-0.2, -0.15) is 4.31 Å². The van der Waals surface area contributed by atoms with Crippen LogP contribution in [0.2, 0.25) is 0 Å². The second kappa shape index (κ2) is 9.05. The molecule has 32 heavy (non-hydrogen) atoms. The Hall–Kier alpha value is -3.31. The van der Waals surface area contributed by atoms with Crippen molar-refractivity contribution in [1.29, 1.82) is 0 Å². The number of benzene rings is 2. The number of amides is 3. The topological polar surface area (TPSA) is 117 Å². The molecular formula is C21H24N4O6S. The van der Waals surface area contributed by atoms with Crippen LogP contribution in [0.15, 0.2) is 47.4 Å². The van der Waals surface area contributed by atoms with E-state index in [1.54, 1.807) is 23.1 Å². The van der Waals surface area contributed by atoms with Crippen LogP contribution in [0.4, 0.5) is 16.2 Å². The Kier molecular flexibility index (Phi) is 6.19. The maximum absolute atomic E-state index is 13.1. The van der Waals surface area contributed by atoms with E-state index >= 15 is 0 Å². The van der Waals surface area contributed by atoms with Crippen molar-refractivity contribution >= 4 is 33.3 Å². The number of fused-ring (bicyclic) bond motifs is 1. The van der Waals surface area contributed by atoms with Gasteiger partial charge in [0, 0.05) is 26.2 Å². The van der Waals surface area contributed by atoms with Crippen LogP contribution in [-0.4, -0.2) is 69.0 Å². The molecule has 0 aliphatic carbocycles. The van der Waals surface area contributed by atoms with Crippen LogP contribution in [0.5, 0.6) is 11.5 Å². The molecule has 2 aromatic carbocycles. The summed E-state index contributed by atoms with van der Waals surface area (Å²) in [6.45, 7) is 3.03. The van der Waals surface area contributed by atoms with Crippen molar-refractivity contribution in [3.63, 3.8) is 0 Å². The zero-order valence-corrected chi connectivity index (χ0v) is 18.4. The number of nitrogens with zero attached hydrogens (tertiary/aromatic N) is 2. The average molecular weight is 461 g/mol. The maximum Gasteiger partial charge on any atom is 0.322 e. The van der Waals surface area contributed by atoms with E-state index in [0.29, 0.717) is 29.5 Å². The largest absolute Gasteiger partial charge is 0.492 e. The van der Waals surface area contributed by atoms with Crippen LogP contribution in [-0.2, 0) is 14.8 Å². The van der Waals surface area contributed by atoms with Crippen LogP contribution in [0, 0.1) is 0 Å². The summed E-state index contributed by atoms with van der Waals surface area (Å²) in [5.41, 5.74) is 0.890. The maximum atomic E-state index is 13.1. The van der Waals surface area contributed by atoms with Crippen molar-refractivity contribution in [3.05, 3.63) is 42.5 Å². The van der Waals surface area contributed by atoms with Gasteiger partial charge in [0.2, 0.25) is 10.0 Å². The lowest BCUT2D eigenvalue weighted by Crippen LogP contribution is -2.51. The second-order valence-electron chi connectivity index (χ2n) is 7.25. The van der Waals surface area contributed by atoms with Gasteiger partial charge in [-0.15, -0.1) is 0 Å². The van der Waals surface area contributed by atoms with Crippen molar-refractivity contribution in [2.24, 2.45) is 0 Å². The molecule has 4 rings (SSSR count). The first-order valence-electron chi connectivity index (χ1n) is 10.2. The van der Waals surface area contributed by atoms with Gasteiger partial charge in [-0.25, -0.2) is 13.2 Å². The monoisotopic (exact) mass is 460 g/mol. The van der Waals surface area contributed by atoms with Gasteiger partial charge >= 0.3 is 6.03 Å². The van der Waals surface area contributed by atoms with Crippen LogP contribution in [0.1, 0.15) is 6.92 Å². The fraction of sp³-hybridized carbons (Fsp3) is 0.333. The van der Waals surface area contributed by atoms with Gasteiger partial charge in [0.15, 0.2) is 6.61 Å². The SMILES string of the molecule is CCOc1ccccc1NC(=O)N1CCN(S(=O)(=O)c2ccc3c(c2)NC(=O)CO3)CC1. The number of nitrogens with one attached hydrogen (secondary N) is 2. The number of para-hydroxylation sites is 2.